The standard InChI is InChI=1S/C17H27BrFN/c1-6-20-16(9-12(2)11-17(3,4)5)14-10-13(18)7-8-15(14)19/h7-8,10,12,16,20H,6,9,11H2,1-5H3. The van der Waals surface area contributed by atoms with E-state index in [2.05, 4.69) is 55.9 Å². The maximum Gasteiger partial charge on any atom is 0.128 e. The average molecular weight is 344 g/mol. The van der Waals surface area contributed by atoms with Gasteiger partial charge in [-0.05, 0) is 48.9 Å². The van der Waals surface area contributed by atoms with E-state index in [0.717, 1.165) is 29.4 Å². The van der Waals surface area contributed by atoms with Gasteiger partial charge in [0.2, 0.25) is 0 Å². The van der Waals surface area contributed by atoms with E-state index in [0.29, 0.717) is 11.3 Å². The first-order valence-corrected chi connectivity index (χ1v) is 8.20. The van der Waals surface area contributed by atoms with E-state index in [9.17, 15) is 4.39 Å². The van der Waals surface area contributed by atoms with Gasteiger partial charge in [0.05, 0.1) is 0 Å². The first-order valence-electron chi connectivity index (χ1n) is 7.41. The normalized spacial score (nSPS) is 15.2. The Morgan fingerprint density at radius 1 is 1.30 bits per heavy atom. The Labute approximate surface area is 131 Å². The van der Waals surface area contributed by atoms with Crippen LogP contribution in [0.2, 0.25) is 0 Å². The molecule has 1 aromatic carbocycles. The summed E-state index contributed by atoms with van der Waals surface area (Å²) >= 11 is 3.44. The second-order valence-corrected chi connectivity index (χ2v) is 7.80. The molecule has 114 valence electrons. The fraction of sp³-hybridized carbons (Fsp3) is 0.647. The third-order valence-corrected chi connectivity index (χ3v) is 3.88. The number of hydrogen-bond donors (Lipinski definition) is 1. The zero-order valence-corrected chi connectivity index (χ0v) is 14.8. The highest BCUT2D eigenvalue weighted by atomic mass is 79.9. The van der Waals surface area contributed by atoms with Gasteiger partial charge in [0.1, 0.15) is 5.82 Å². The molecule has 0 amide bonds. The zero-order valence-electron chi connectivity index (χ0n) is 13.3. The highest BCUT2D eigenvalue weighted by Crippen LogP contribution is 2.32. The fourth-order valence-electron chi connectivity index (χ4n) is 2.88. The summed E-state index contributed by atoms with van der Waals surface area (Å²) in [4.78, 5) is 0. The van der Waals surface area contributed by atoms with Crippen LogP contribution in [0.3, 0.4) is 0 Å². The third kappa shape index (κ3) is 5.92. The molecule has 0 saturated heterocycles. The molecule has 20 heavy (non-hydrogen) atoms. The summed E-state index contributed by atoms with van der Waals surface area (Å²) < 4.78 is 15.0. The maximum atomic E-state index is 14.1. The van der Waals surface area contributed by atoms with E-state index < -0.39 is 0 Å². The first-order chi connectivity index (χ1) is 9.23. The summed E-state index contributed by atoms with van der Waals surface area (Å²) in [5, 5.41) is 3.42. The van der Waals surface area contributed by atoms with Crippen LogP contribution in [-0.4, -0.2) is 6.54 Å². The van der Waals surface area contributed by atoms with Crippen LogP contribution in [0.1, 0.15) is 59.1 Å². The van der Waals surface area contributed by atoms with E-state index in [1.165, 1.54) is 6.07 Å². The molecule has 2 unspecified atom stereocenters. The summed E-state index contributed by atoms with van der Waals surface area (Å²) in [5.74, 6) is 0.430. The number of rotatable bonds is 6. The monoisotopic (exact) mass is 343 g/mol. The van der Waals surface area contributed by atoms with Gasteiger partial charge in [0.25, 0.3) is 0 Å². The van der Waals surface area contributed by atoms with Crippen molar-refractivity contribution in [2.24, 2.45) is 11.3 Å². The molecule has 2 atom stereocenters. The Kier molecular flexibility index (Phi) is 6.67. The molecule has 0 aliphatic rings. The molecule has 1 rings (SSSR count). The van der Waals surface area contributed by atoms with Crippen LogP contribution >= 0.6 is 15.9 Å². The molecule has 0 aliphatic carbocycles. The van der Waals surface area contributed by atoms with Gasteiger partial charge in [-0.1, -0.05) is 50.5 Å². The highest BCUT2D eigenvalue weighted by molar-refractivity contribution is 9.10. The fourth-order valence-corrected chi connectivity index (χ4v) is 3.26. The van der Waals surface area contributed by atoms with Crippen molar-refractivity contribution in [3.8, 4) is 0 Å². The SMILES string of the molecule is CCNC(CC(C)CC(C)(C)C)c1cc(Br)ccc1F. The average Bonchev–Trinajstić information content (AvgIpc) is 2.29. The predicted molar refractivity (Wildman–Crippen MR) is 88.4 cm³/mol. The van der Waals surface area contributed by atoms with Crippen LogP contribution in [-0.2, 0) is 0 Å². The maximum absolute atomic E-state index is 14.1. The van der Waals surface area contributed by atoms with Crippen molar-refractivity contribution in [1.29, 1.82) is 0 Å². The van der Waals surface area contributed by atoms with Gasteiger partial charge in [0.15, 0.2) is 0 Å². The molecular weight excluding hydrogens is 317 g/mol. The van der Waals surface area contributed by atoms with E-state index in [-0.39, 0.29) is 11.9 Å². The minimum Gasteiger partial charge on any atom is -0.310 e. The third-order valence-electron chi connectivity index (χ3n) is 3.38. The second-order valence-electron chi connectivity index (χ2n) is 6.88. The van der Waals surface area contributed by atoms with Crippen molar-refractivity contribution in [3.63, 3.8) is 0 Å². The van der Waals surface area contributed by atoms with Gasteiger partial charge >= 0.3 is 0 Å². The van der Waals surface area contributed by atoms with Crippen LogP contribution in [0.25, 0.3) is 0 Å². The Morgan fingerprint density at radius 3 is 2.50 bits per heavy atom. The van der Waals surface area contributed by atoms with Gasteiger partial charge in [0, 0.05) is 16.1 Å². The van der Waals surface area contributed by atoms with E-state index in [1.807, 2.05) is 6.07 Å². The largest absolute Gasteiger partial charge is 0.310 e. The van der Waals surface area contributed by atoms with Gasteiger partial charge in [-0.15, -0.1) is 0 Å². The topological polar surface area (TPSA) is 12.0 Å². The van der Waals surface area contributed by atoms with E-state index in [4.69, 9.17) is 0 Å². The molecule has 0 bridgehead atoms. The van der Waals surface area contributed by atoms with Crippen molar-refractivity contribution in [3.05, 3.63) is 34.1 Å². The molecule has 0 radical (unpaired) electrons. The van der Waals surface area contributed by atoms with Crippen LogP contribution < -0.4 is 5.32 Å². The molecule has 1 nitrogen and oxygen atoms in total. The smallest absolute Gasteiger partial charge is 0.128 e. The lowest BCUT2D eigenvalue weighted by molar-refractivity contribution is 0.275. The minimum absolute atomic E-state index is 0.0786. The minimum atomic E-state index is -0.123. The van der Waals surface area contributed by atoms with E-state index >= 15 is 0 Å². The summed E-state index contributed by atoms with van der Waals surface area (Å²) in [7, 11) is 0. The predicted octanol–water partition coefficient (Wildman–Crippen LogP) is 5.70. The Morgan fingerprint density at radius 2 is 1.95 bits per heavy atom. The first kappa shape index (κ1) is 17.6. The Balaban J connectivity index is 2.86. The van der Waals surface area contributed by atoms with Gasteiger partial charge in [-0.25, -0.2) is 4.39 Å². The molecule has 0 fully saturated rings. The van der Waals surface area contributed by atoms with Gasteiger partial charge in [-0.2, -0.15) is 0 Å². The van der Waals surface area contributed by atoms with Crippen molar-refractivity contribution in [2.75, 3.05) is 6.54 Å². The summed E-state index contributed by atoms with van der Waals surface area (Å²) in [6, 6.07) is 5.26. The second kappa shape index (κ2) is 7.56. The molecule has 0 heterocycles. The summed E-state index contributed by atoms with van der Waals surface area (Å²) in [6.45, 7) is 11.9. The number of hydrogen-bond acceptors (Lipinski definition) is 1. The van der Waals surface area contributed by atoms with Crippen LogP contribution in [0, 0.1) is 17.2 Å². The van der Waals surface area contributed by atoms with Crippen LogP contribution in [0.4, 0.5) is 4.39 Å². The zero-order chi connectivity index (χ0) is 15.3. The lowest BCUT2D eigenvalue weighted by atomic mass is 9.82. The lowest BCUT2D eigenvalue weighted by Crippen LogP contribution is -2.25. The van der Waals surface area contributed by atoms with Crippen molar-refractivity contribution in [2.45, 2.75) is 53.5 Å². The van der Waals surface area contributed by atoms with Crippen molar-refractivity contribution >= 4 is 15.9 Å². The molecule has 0 spiro atoms. The van der Waals surface area contributed by atoms with Crippen molar-refractivity contribution in [1.82, 2.24) is 5.32 Å². The molecule has 0 aromatic heterocycles. The highest BCUT2D eigenvalue weighted by Gasteiger charge is 2.21. The number of nitrogens with one attached hydrogen (secondary N) is 1. The van der Waals surface area contributed by atoms with Gasteiger partial charge < -0.3 is 5.32 Å². The number of halogens is 2. The van der Waals surface area contributed by atoms with E-state index in [1.54, 1.807) is 6.07 Å². The van der Waals surface area contributed by atoms with Crippen molar-refractivity contribution < 1.29 is 4.39 Å². The van der Waals surface area contributed by atoms with Crippen LogP contribution in [0.5, 0.6) is 0 Å². The Bertz CT molecular complexity index is 425. The lowest BCUT2D eigenvalue weighted by Gasteiger charge is -2.27. The van der Waals surface area contributed by atoms with Crippen LogP contribution in [0.15, 0.2) is 22.7 Å². The molecule has 1 aromatic rings. The molecule has 1 N–H and O–H groups in total. The molecule has 0 aliphatic heterocycles. The molecular formula is C17H27BrFN. The Hall–Kier alpha value is -0.410. The number of benzene rings is 1. The molecule has 0 saturated carbocycles. The molecule has 3 heteroatoms. The van der Waals surface area contributed by atoms with Gasteiger partial charge in [-0.3, -0.25) is 0 Å². The quantitative estimate of drug-likeness (QED) is 0.698. The summed E-state index contributed by atoms with van der Waals surface area (Å²) in [5.41, 5.74) is 1.08. The summed E-state index contributed by atoms with van der Waals surface area (Å²) in [6.07, 6.45) is 2.10.